The lowest BCUT2D eigenvalue weighted by Crippen LogP contribution is -2.45. The van der Waals surface area contributed by atoms with E-state index in [1.54, 1.807) is 13.0 Å². The van der Waals surface area contributed by atoms with Crippen molar-refractivity contribution in [1.82, 2.24) is 20.4 Å². The van der Waals surface area contributed by atoms with Crippen LogP contribution in [-0.4, -0.2) is 53.0 Å². The molecule has 1 N–H and O–H groups in total. The van der Waals surface area contributed by atoms with Gasteiger partial charge in [0.15, 0.2) is 5.69 Å². The highest BCUT2D eigenvalue weighted by Crippen LogP contribution is 2.33. The average molecular weight is 460 g/mol. The van der Waals surface area contributed by atoms with Gasteiger partial charge in [0.25, 0.3) is 11.8 Å². The van der Waals surface area contributed by atoms with Crippen molar-refractivity contribution < 1.29 is 14.1 Å². The van der Waals surface area contributed by atoms with Crippen LogP contribution in [0.25, 0.3) is 0 Å². The number of nitrogens with one attached hydrogen (secondary N) is 1. The van der Waals surface area contributed by atoms with Crippen molar-refractivity contribution in [2.75, 3.05) is 25.0 Å². The molecule has 8 nitrogen and oxygen atoms in total. The van der Waals surface area contributed by atoms with Crippen LogP contribution in [0.1, 0.15) is 63.0 Å². The monoisotopic (exact) mass is 459 g/mol. The number of carbonyl (C=O) groups is 2. The molecule has 2 amide bonds. The van der Waals surface area contributed by atoms with Crippen LogP contribution in [-0.2, 0) is 6.42 Å². The number of hydrogen-bond acceptors (Lipinski definition) is 6. The third-order valence-corrected chi connectivity index (χ3v) is 7.00. The number of piperidine rings is 1. The van der Waals surface area contributed by atoms with E-state index in [2.05, 4.69) is 20.4 Å². The second-order valence-corrected chi connectivity index (χ2v) is 9.14. The first-order valence-corrected chi connectivity index (χ1v) is 11.8. The number of carbonyl (C=O) groups excluding carboxylic acids is 2. The molecule has 2 aromatic heterocycles. The third-order valence-electron chi connectivity index (χ3n) is 7.00. The number of rotatable bonds is 5. The summed E-state index contributed by atoms with van der Waals surface area (Å²) < 4.78 is 5.02. The lowest BCUT2D eigenvalue weighted by molar-refractivity contribution is 0.0709. The molecule has 5 rings (SSSR count). The Balaban J connectivity index is 1.24. The van der Waals surface area contributed by atoms with E-state index >= 15 is 0 Å². The summed E-state index contributed by atoms with van der Waals surface area (Å²) in [6, 6.07) is 11.6. The van der Waals surface area contributed by atoms with E-state index in [-0.39, 0.29) is 29.6 Å². The number of aryl methyl sites for hydroxylation is 2. The molecule has 3 heterocycles. The van der Waals surface area contributed by atoms with E-state index in [9.17, 15) is 9.59 Å². The van der Waals surface area contributed by atoms with E-state index in [1.165, 1.54) is 11.3 Å². The Bertz CT molecular complexity index is 1180. The summed E-state index contributed by atoms with van der Waals surface area (Å²) in [6.07, 6.45) is 7.14. The highest BCUT2D eigenvalue weighted by molar-refractivity contribution is 5.95. The maximum absolute atomic E-state index is 13.3. The molecule has 0 saturated carbocycles. The molecule has 1 aliphatic carbocycles. The van der Waals surface area contributed by atoms with Crippen molar-refractivity contribution in [1.29, 1.82) is 0 Å². The predicted molar refractivity (Wildman–Crippen MR) is 128 cm³/mol. The quantitative estimate of drug-likeness (QED) is 0.628. The number of fused-ring (bicyclic) bond motifs is 1. The van der Waals surface area contributed by atoms with Gasteiger partial charge < -0.3 is 19.6 Å². The number of benzene rings is 1. The van der Waals surface area contributed by atoms with Crippen LogP contribution in [0.2, 0.25) is 0 Å². The van der Waals surface area contributed by atoms with Crippen molar-refractivity contribution in [2.45, 2.75) is 44.7 Å². The Morgan fingerprint density at radius 3 is 2.56 bits per heavy atom. The van der Waals surface area contributed by atoms with Crippen LogP contribution in [0.4, 0.5) is 5.69 Å². The van der Waals surface area contributed by atoms with E-state index in [0.29, 0.717) is 11.3 Å². The molecule has 0 radical (unpaired) electrons. The smallest absolute Gasteiger partial charge is 0.273 e. The van der Waals surface area contributed by atoms with Gasteiger partial charge in [-0.2, -0.15) is 0 Å². The fourth-order valence-corrected chi connectivity index (χ4v) is 5.03. The SMILES string of the molecule is Cc1cc(C(=O)N[C@@H]2CCc3ccc(C(=O)N(C)C4CCN(c5ccncc5)CC4)cc32)no1. The Morgan fingerprint density at radius 1 is 1.09 bits per heavy atom. The number of anilines is 1. The van der Waals surface area contributed by atoms with E-state index < -0.39 is 0 Å². The molecule has 0 unspecified atom stereocenters. The zero-order chi connectivity index (χ0) is 23.7. The van der Waals surface area contributed by atoms with Gasteiger partial charge in [-0.05, 0) is 68.0 Å². The van der Waals surface area contributed by atoms with Gasteiger partial charge >= 0.3 is 0 Å². The molecule has 3 aromatic rings. The standard InChI is InChI=1S/C26H29N5O3/c1-17-15-24(29-34-17)25(32)28-23-6-5-18-3-4-19(16-22(18)23)26(33)30(2)20-9-13-31(14-10-20)21-7-11-27-12-8-21/h3-4,7-8,11-12,15-16,20,23H,5-6,9-10,13-14H2,1-2H3,(H,28,32)/t23-/m1/s1. The van der Waals surface area contributed by atoms with Crippen molar-refractivity contribution in [3.05, 3.63) is 76.9 Å². The van der Waals surface area contributed by atoms with Gasteiger partial charge in [0.05, 0.1) is 6.04 Å². The maximum Gasteiger partial charge on any atom is 0.273 e. The molecule has 2 aliphatic rings. The lowest BCUT2D eigenvalue weighted by Gasteiger charge is -2.38. The summed E-state index contributed by atoms with van der Waals surface area (Å²) in [5.74, 6) is 0.360. The van der Waals surface area contributed by atoms with Crippen LogP contribution >= 0.6 is 0 Å². The Hall–Kier alpha value is -3.68. The number of nitrogens with zero attached hydrogens (tertiary/aromatic N) is 4. The first kappa shape index (κ1) is 22.1. The zero-order valence-electron chi connectivity index (χ0n) is 19.5. The minimum Gasteiger partial charge on any atom is -0.371 e. The first-order valence-electron chi connectivity index (χ1n) is 11.8. The topological polar surface area (TPSA) is 91.6 Å². The van der Waals surface area contributed by atoms with Gasteiger partial charge in [-0.25, -0.2) is 0 Å². The average Bonchev–Trinajstić information content (AvgIpc) is 3.49. The normalized spacial score (nSPS) is 17.9. The van der Waals surface area contributed by atoms with Crippen LogP contribution in [0.3, 0.4) is 0 Å². The second-order valence-electron chi connectivity index (χ2n) is 9.14. The van der Waals surface area contributed by atoms with Crippen molar-refractivity contribution in [3.63, 3.8) is 0 Å². The van der Waals surface area contributed by atoms with Gasteiger partial charge in [0.2, 0.25) is 0 Å². The number of hydrogen-bond donors (Lipinski definition) is 1. The molecule has 8 heteroatoms. The van der Waals surface area contributed by atoms with Crippen LogP contribution < -0.4 is 10.2 Å². The molecule has 0 spiro atoms. The Morgan fingerprint density at radius 2 is 1.85 bits per heavy atom. The van der Waals surface area contributed by atoms with Gasteiger partial charge in [-0.1, -0.05) is 11.2 Å². The summed E-state index contributed by atoms with van der Waals surface area (Å²) in [6.45, 7) is 3.57. The van der Waals surface area contributed by atoms with Gasteiger partial charge in [0.1, 0.15) is 5.76 Å². The van der Waals surface area contributed by atoms with Crippen molar-refractivity contribution in [3.8, 4) is 0 Å². The van der Waals surface area contributed by atoms with Crippen LogP contribution in [0, 0.1) is 6.92 Å². The molecule has 1 aromatic carbocycles. The Kier molecular flexibility index (Phi) is 6.04. The molecule has 176 valence electrons. The van der Waals surface area contributed by atoms with Crippen LogP contribution in [0.5, 0.6) is 0 Å². The summed E-state index contributed by atoms with van der Waals surface area (Å²) in [4.78, 5) is 34.2. The summed E-state index contributed by atoms with van der Waals surface area (Å²) >= 11 is 0. The largest absolute Gasteiger partial charge is 0.371 e. The van der Waals surface area contributed by atoms with E-state index in [1.807, 2.05) is 54.7 Å². The second kappa shape index (κ2) is 9.29. The van der Waals surface area contributed by atoms with E-state index in [4.69, 9.17) is 4.52 Å². The zero-order valence-corrected chi connectivity index (χ0v) is 19.5. The molecule has 34 heavy (non-hydrogen) atoms. The lowest BCUT2D eigenvalue weighted by atomic mass is 10.00. The van der Waals surface area contributed by atoms with Gasteiger partial charge in [-0.15, -0.1) is 0 Å². The van der Waals surface area contributed by atoms with Gasteiger partial charge in [-0.3, -0.25) is 14.6 Å². The third kappa shape index (κ3) is 4.40. The molecule has 1 fully saturated rings. The molecular formula is C26H29N5O3. The summed E-state index contributed by atoms with van der Waals surface area (Å²) in [7, 11) is 1.90. The minimum absolute atomic E-state index is 0.0225. The summed E-state index contributed by atoms with van der Waals surface area (Å²) in [5, 5.41) is 6.85. The molecule has 0 bridgehead atoms. The highest BCUT2D eigenvalue weighted by atomic mass is 16.5. The highest BCUT2D eigenvalue weighted by Gasteiger charge is 2.29. The number of pyridine rings is 1. The molecule has 1 saturated heterocycles. The van der Waals surface area contributed by atoms with E-state index in [0.717, 1.165) is 44.3 Å². The van der Waals surface area contributed by atoms with Crippen molar-refractivity contribution >= 4 is 17.5 Å². The fourth-order valence-electron chi connectivity index (χ4n) is 5.03. The minimum atomic E-state index is -0.260. The number of aromatic nitrogens is 2. The van der Waals surface area contributed by atoms with Crippen LogP contribution in [0.15, 0.2) is 53.3 Å². The molecule has 1 atom stereocenters. The maximum atomic E-state index is 13.3. The first-order chi connectivity index (χ1) is 16.5. The predicted octanol–water partition coefficient (Wildman–Crippen LogP) is 3.54. The summed E-state index contributed by atoms with van der Waals surface area (Å²) in [5.41, 5.74) is 4.30. The Labute approximate surface area is 198 Å². The number of amides is 2. The molecule has 1 aliphatic heterocycles. The van der Waals surface area contributed by atoms with Crippen molar-refractivity contribution in [2.24, 2.45) is 0 Å². The molecular weight excluding hydrogens is 430 g/mol. The van der Waals surface area contributed by atoms with Gasteiger partial charge in [0, 0.05) is 55.9 Å². The fraction of sp³-hybridized carbons (Fsp3) is 0.385.